The van der Waals surface area contributed by atoms with Crippen molar-refractivity contribution < 1.29 is 14.3 Å². The summed E-state index contributed by atoms with van der Waals surface area (Å²) in [5, 5.41) is 5.17. The van der Waals surface area contributed by atoms with Crippen LogP contribution in [0.1, 0.15) is 11.3 Å². The van der Waals surface area contributed by atoms with Crippen molar-refractivity contribution in [2.24, 2.45) is 5.92 Å². The third-order valence-electron chi connectivity index (χ3n) is 4.94. The number of amides is 1. The molecule has 0 spiro atoms. The molecule has 26 heavy (non-hydrogen) atoms. The molecular formula is C19H18N4O3. The Morgan fingerprint density at radius 1 is 1.19 bits per heavy atom. The van der Waals surface area contributed by atoms with Crippen LogP contribution in [0.3, 0.4) is 0 Å². The minimum atomic E-state index is -0.116. The van der Waals surface area contributed by atoms with Gasteiger partial charge in [0, 0.05) is 41.7 Å². The van der Waals surface area contributed by atoms with Gasteiger partial charge in [0.1, 0.15) is 6.17 Å². The number of hydrazine groups is 1. The van der Waals surface area contributed by atoms with E-state index in [4.69, 9.17) is 9.47 Å². The largest absolute Gasteiger partial charge is 0.454 e. The fourth-order valence-electron chi connectivity index (χ4n) is 3.63. The number of rotatable bonds is 3. The molecule has 2 N–H and O–H groups in total. The maximum atomic E-state index is 12.6. The number of nitrogens with one attached hydrogen (secondary N) is 2. The monoisotopic (exact) mass is 350 g/mol. The van der Waals surface area contributed by atoms with Crippen LogP contribution in [-0.2, 0) is 11.2 Å². The minimum absolute atomic E-state index is 0.0510. The first-order valence-corrected chi connectivity index (χ1v) is 8.63. The third kappa shape index (κ3) is 2.57. The Hall–Kier alpha value is -3.06. The second-order valence-corrected chi connectivity index (χ2v) is 6.57. The summed E-state index contributed by atoms with van der Waals surface area (Å²) in [5.41, 5.74) is 5.92. The highest BCUT2D eigenvalue weighted by Crippen LogP contribution is 2.35. The van der Waals surface area contributed by atoms with Gasteiger partial charge in [0.05, 0.1) is 0 Å². The van der Waals surface area contributed by atoms with Crippen molar-refractivity contribution in [2.75, 3.05) is 13.3 Å². The Labute approximate surface area is 150 Å². The van der Waals surface area contributed by atoms with E-state index in [1.165, 1.54) is 0 Å². The van der Waals surface area contributed by atoms with Crippen molar-refractivity contribution >= 4 is 11.6 Å². The molecule has 2 aromatic rings. The van der Waals surface area contributed by atoms with Crippen LogP contribution in [0.25, 0.3) is 5.70 Å². The SMILES string of the molecule is O=C1C=C(c2ccc3c(c2)OCO3)NC2C(Cc3ccccn3)CNN12. The number of fused-ring (bicyclic) bond motifs is 2. The van der Waals surface area contributed by atoms with Gasteiger partial charge >= 0.3 is 0 Å². The molecular weight excluding hydrogens is 332 g/mol. The minimum Gasteiger partial charge on any atom is -0.454 e. The van der Waals surface area contributed by atoms with E-state index in [1.54, 1.807) is 17.3 Å². The molecule has 3 aliphatic heterocycles. The first-order valence-electron chi connectivity index (χ1n) is 8.63. The Morgan fingerprint density at radius 2 is 2.12 bits per heavy atom. The smallest absolute Gasteiger partial charge is 0.264 e. The average Bonchev–Trinajstić information content (AvgIpc) is 3.29. The standard InChI is InChI=1S/C19H18N4O3/c24-18-9-15(12-4-5-16-17(8-12)26-11-25-16)22-19-13(10-21-23(18)19)7-14-3-1-2-6-20-14/h1-6,8-9,13,19,21-22H,7,10-11H2. The summed E-state index contributed by atoms with van der Waals surface area (Å²) in [7, 11) is 0. The Bertz CT molecular complexity index is 884. The number of hydrogen-bond acceptors (Lipinski definition) is 6. The highest BCUT2D eigenvalue weighted by Gasteiger charge is 2.40. The highest BCUT2D eigenvalue weighted by molar-refractivity contribution is 5.96. The van der Waals surface area contributed by atoms with Crippen LogP contribution >= 0.6 is 0 Å². The predicted molar refractivity (Wildman–Crippen MR) is 93.7 cm³/mol. The number of carbonyl (C=O) groups is 1. The van der Waals surface area contributed by atoms with Gasteiger partial charge in [0.15, 0.2) is 11.5 Å². The van der Waals surface area contributed by atoms with Gasteiger partial charge in [0.25, 0.3) is 5.91 Å². The van der Waals surface area contributed by atoms with Gasteiger partial charge in [-0.25, -0.2) is 5.43 Å². The van der Waals surface area contributed by atoms with Gasteiger partial charge in [-0.15, -0.1) is 0 Å². The summed E-state index contributed by atoms with van der Waals surface area (Å²) in [5.74, 6) is 1.61. The molecule has 1 aromatic heterocycles. The van der Waals surface area contributed by atoms with Crippen LogP contribution in [0.4, 0.5) is 0 Å². The zero-order chi connectivity index (χ0) is 17.5. The molecule has 0 bridgehead atoms. The number of pyridine rings is 1. The molecule has 4 heterocycles. The zero-order valence-electron chi connectivity index (χ0n) is 14.0. The molecule has 0 radical (unpaired) electrons. The van der Waals surface area contributed by atoms with E-state index >= 15 is 0 Å². The van der Waals surface area contributed by atoms with Gasteiger partial charge in [-0.05, 0) is 36.8 Å². The second-order valence-electron chi connectivity index (χ2n) is 6.57. The second kappa shape index (κ2) is 6.03. The predicted octanol–water partition coefficient (Wildman–Crippen LogP) is 1.29. The highest BCUT2D eigenvalue weighted by atomic mass is 16.7. The maximum absolute atomic E-state index is 12.6. The Kier molecular flexibility index (Phi) is 3.53. The van der Waals surface area contributed by atoms with Crippen molar-refractivity contribution in [3.05, 3.63) is 59.9 Å². The Balaban J connectivity index is 1.40. The normalized spacial score (nSPS) is 23.5. The number of hydrogen-bond donors (Lipinski definition) is 2. The van der Waals surface area contributed by atoms with Crippen molar-refractivity contribution in [3.63, 3.8) is 0 Å². The summed E-state index contributed by atoms with van der Waals surface area (Å²) in [6.45, 7) is 0.957. The van der Waals surface area contributed by atoms with Crippen molar-refractivity contribution in [1.82, 2.24) is 20.7 Å². The lowest BCUT2D eigenvalue weighted by atomic mass is 9.98. The Morgan fingerprint density at radius 3 is 3.00 bits per heavy atom. The van der Waals surface area contributed by atoms with Crippen molar-refractivity contribution in [1.29, 1.82) is 0 Å². The van der Waals surface area contributed by atoms with Crippen LogP contribution in [0, 0.1) is 5.92 Å². The van der Waals surface area contributed by atoms with E-state index < -0.39 is 0 Å². The lowest BCUT2D eigenvalue weighted by Gasteiger charge is -2.33. The van der Waals surface area contributed by atoms with Crippen LogP contribution in [0.15, 0.2) is 48.7 Å². The number of carbonyl (C=O) groups excluding carboxylic acids is 1. The fourth-order valence-corrected chi connectivity index (χ4v) is 3.63. The topological polar surface area (TPSA) is 75.7 Å². The molecule has 1 fully saturated rings. The fraction of sp³-hybridized carbons (Fsp3) is 0.263. The number of nitrogens with zero attached hydrogens (tertiary/aromatic N) is 2. The van der Waals surface area contributed by atoms with E-state index in [2.05, 4.69) is 15.7 Å². The molecule has 5 rings (SSSR count). The molecule has 1 saturated heterocycles. The van der Waals surface area contributed by atoms with Gasteiger partial charge in [-0.2, -0.15) is 0 Å². The van der Waals surface area contributed by atoms with E-state index in [9.17, 15) is 4.79 Å². The molecule has 3 aliphatic rings. The summed E-state index contributed by atoms with van der Waals surface area (Å²) < 4.78 is 10.8. The number of ether oxygens (including phenoxy) is 2. The first kappa shape index (κ1) is 15.2. The molecule has 0 aliphatic carbocycles. The molecule has 7 heteroatoms. The van der Waals surface area contributed by atoms with Crippen molar-refractivity contribution in [3.8, 4) is 11.5 Å². The molecule has 1 aromatic carbocycles. The summed E-state index contributed by atoms with van der Waals surface area (Å²) in [4.78, 5) is 17.0. The molecule has 7 nitrogen and oxygen atoms in total. The quantitative estimate of drug-likeness (QED) is 0.869. The number of aromatic nitrogens is 1. The lowest BCUT2D eigenvalue weighted by molar-refractivity contribution is -0.131. The molecule has 2 unspecified atom stereocenters. The summed E-state index contributed by atoms with van der Waals surface area (Å²) >= 11 is 0. The van der Waals surface area contributed by atoms with Crippen LogP contribution < -0.4 is 20.2 Å². The van der Waals surface area contributed by atoms with E-state index in [0.29, 0.717) is 5.75 Å². The van der Waals surface area contributed by atoms with E-state index in [1.807, 2.05) is 36.4 Å². The van der Waals surface area contributed by atoms with Crippen LogP contribution in [0.5, 0.6) is 11.5 Å². The van der Waals surface area contributed by atoms with Crippen LogP contribution in [-0.4, -0.2) is 35.4 Å². The average molecular weight is 350 g/mol. The maximum Gasteiger partial charge on any atom is 0.264 e. The zero-order valence-corrected chi connectivity index (χ0v) is 14.0. The van der Waals surface area contributed by atoms with Gasteiger partial charge < -0.3 is 14.8 Å². The first-order chi connectivity index (χ1) is 12.8. The van der Waals surface area contributed by atoms with E-state index in [-0.39, 0.29) is 24.8 Å². The lowest BCUT2D eigenvalue weighted by Crippen LogP contribution is -2.52. The molecule has 1 amide bonds. The summed E-state index contributed by atoms with van der Waals surface area (Å²) in [6, 6.07) is 11.6. The molecule has 132 valence electrons. The van der Waals surface area contributed by atoms with Crippen LogP contribution in [0.2, 0.25) is 0 Å². The van der Waals surface area contributed by atoms with Gasteiger partial charge in [0.2, 0.25) is 6.79 Å². The summed E-state index contributed by atoms with van der Waals surface area (Å²) in [6.07, 6.45) is 4.09. The third-order valence-corrected chi connectivity index (χ3v) is 4.94. The molecule has 2 atom stereocenters. The van der Waals surface area contributed by atoms with Crippen molar-refractivity contribution in [2.45, 2.75) is 12.6 Å². The van der Waals surface area contributed by atoms with Gasteiger partial charge in [-0.3, -0.25) is 14.8 Å². The van der Waals surface area contributed by atoms with Gasteiger partial charge in [-0.1, -0.05) is 6.07 Å². The number of benzene rings is 1. The molecule has 0 saturated carbocycles. The van der Waals surface area contributed by atoms with E-state index in [0.717, 1.165) is 35.7 Å².